The van der Waals surface area contributed by atoms with Crippen molar-refractivity contribution >= 4 is 18.0 Å². The molecule has 2 amide bonds. The Hall–Kier alpha value is -2.29. The lowest BCUT2D eigenvalue weighted by molar-refractivity contribution is 0.0236. The maximum absolute atomic E-state index is 12.5. The van der Waals surface area contributed by atoms with Gasteiger partial charge in [-0.2, -0.15) is 5.10 Å². The van der Waals surface area contributed by atoms with Gasteiger partial charge >= 0.3 is 12.2 Å². The van der Waals surface area contributed by atoms with Crippen molar-refractivity contribution in [3.8, 4) is 0 Å². The first-order chi connectivity index (χ1) is 12.9. The van der Waals surface area contributed by atoms with Gasteiger partial charge in [-0.15, -0.1) is 0 Å². The van der Waals surface area contributed by atoms with E-state index in [4.69, 9.17) is 14.2 Å². The van der Waals surface area contributed by atoms with E-state index in [2.05, 4.69) is 5.10 Å². The van der Waals surface area contributed by atoms with Gasteiger partial charge in [0, 0.05) is 26.3 Å². The van der Waals surface area contributed by atoms with Crippen LogP contribution >= 0.6 is 0 Å². The van der Waals surface area contributed by atoms with Gasteiger partial charge in [-0.05, 0) is 48.0 Å². The van der Waals surface area contributed by atoms with Crippen LogP contribution in [0.25, 0.3) is 0 Å². The second-order valence-electron chi connectivity index (χ2n) is 8.80. The molecule has 1 aliphatic rings. The summed E-state index contributed by atoms with van der Waals surface area (Å²) in [7, 11) is 1.50. The molecule has 0 unspecified atom stereocenters. The monoisotopic (exact) mass is 396 g/mol. The minimum absolute atomic E-state index is 0.0150. The minimum Gasteiger partial charge on any atom is -0.444 e. The molecule has 1 aliphatic heterocycles. The highest BCUT2D eigenvalue weighted by atomic mass is 16.6. The number of hydrogen-bond acceptors (Lipinski definition) is 6. The fourth-order valence-electron chi connectivity index (χ4n) is 2.72. The van der Waals surface area contributed by atoms with Crippen LogP contribution in [0.1, 0.15) is 53.7 Å². The lowest BCUT2D eigenvalue weighted by Gasteiger charge is -2.26. The van der Waals surface area contributed by atoms with E-state index < -0.39 is 17.3 Å². The molecule has 0 spiro atoms. The molecule has 1 aromatic rings. The fraction of sp³-hybridized carbons (Fsp3) is 0.737. The Morgan fingerprint density at radius 3 is 2.32 bits per heavy atom. The van der Waals surface area contributed by atoms with Gasteiger partial charge in [-0.25, -0.2) is 14.5 Å². The number of aryl methyl sites for hydroxylation is 1. The maximum atomic E-state index is 12.5. The summed E-state index contributed by atoms with van der Waals surface area (Å²) in [5.74, 6) is 0.428. The fourth-order valence-corrected chi connectivity index (χ4v) is 2.72. The molecule has 0 aromatic carbocycles. The van der Waals surface area contributed by atoms with E-state index in [1.165, 1.54) is 12.0 Å². The van der Waals surface area contributed by atoms with Gasteiger partial charge in [0.15, 0.2) is 5.82 Å². The second-order valence-corrected chi connectivity index (χ2v) is 8.80. The highest BCUT2D eigenvalue weighted by Crippen LogP contribution is 2.23. The van der Waals surface area contributed by atoms with Gasteiger partial charge in [-0.3, -0.25) is 4.68 Å². The maximum Gasteiger partial charge on any atom is 0.417 e. The number of carbonyl (C=O) groups excluding carboxylic acids is 2. The summed E-state index contributed by atoms with van der Waals surface area (Å²) in [6.45, 7) is 12.5. The lowest BCUT2D eigenvalue weighted by atomic mass is 10.2. The largest absolute Gasteiger partial charge is 0.444 e. The molecule has 28 heavy (non-hydrogen) atoms. The third-order valence-corrected chi connectivity index (χ3v) is 3.80. The number of ether oxygens (including phenoxy) is 3. The van der Waals surface area contributed by atoms with Gasteiger partial charge < -0.3 is 19.1 Å². The van der Waals surface area contributed by atoms with Crippen LogP contribution in [0.2, 0.25) is 0 Å². The van der Waals surface area contributed by atoms with Crippen molar-refractivity contribution in [2.45, 2.75) is 72.3 Å². The number of rotatable bonds is 3. The molecule has 0 bridgehead atoms. The van der Waals surface area contributed by atoms with E-state index in [9.17, 15) is 9.59 Å². The van der Waals surface area contributed by atoms with E-state index in [1.807, 2.05) is 25.5 Å². The lowest BCUT2D eigenvalue weighted by Crippen LogP contribution is -2.38. The topological polar surface area (TPSA) is 86.1 Å². The molecule has 9 heteroatoms. The summed E-state index contributed by atoms with van der Waals surface area (Å²) in [5.41, 5.74) is -0.364. The number of aromatic nitrogens is 2. The Bertz CT molecular complexity index is 702. The van der Waals surface area contributed by atoms with Crippen LogP contribution in [-0.4, -0.2) is 58.5 Å². The van der Waals surface area contributed by atoms with E-state index in [0.717, 1.165) is 12.1 Å². The van der Waals surface area contributed by atoms with E-state index in [0.29, 0.717) is 25.5 Å². The van der Waals surface area contributed by atoms with Gasteiger partial charge in [0.05, 0.1) is 12.2 Å². The van der Waals surface area contributed by atoms with E-state index in [1.54, 1.807) is 31.7 Å². The number of methoxy groups -OCH3 is 1. The molecule has 0 saturated heterocycles. The Balaban J connectivity index is 2.21. The summed E-state index contributed by atoms with van der Waals surface area (Å²) in [5, 5.41) is 4.53. The molecule has 0 saturated carbocycles. The van der Waals surface area contributed by atoms with Crippen molar-refractivity contribution < 1.29 is 23.8 Å². The third kappa shape index (κ3) is 6.12. The zero-order valence-electron chi connectivity index (χ0n) is 17.9. The van der Waals surface area contributed by atoms with Crippen LogP contribution < -0.4 is 4.90 Å². The van der Waals surface area contributed by atoms with Gasteiger partial charge in [-0.1, -0.05) is 0 Å². The van der Waals surface area contributed by atoms with Crippen LogP contribution in [0.15, 0.2) is 6.07 Å². The molecule has 0 radical (unpaired) electrons. The van der Waals surface area contributed by atoms with Crippen LogP contribution in [0.4, 0.5) is 15.4 Å². The Labute approximate surface area is 166 Å². The Morgan fingerprint density at radius 2 is 1.75 bits per heavy atom. The molecule has 2 rings (SSSR count). The normalized spacial score (nSPS) is 14.9. The van der Waals surface area contributed by atoms with Crippen molar-refractivity contribution in [1.82, 2.24) is 14.7 Å². The van der Waals surface area contributed by atoms with Gasteiger partial charge in [0.1, 0.15) is 17.9 Å². The summed E-state index contributed by atoms with van der Waals surface area (Å²) in [4.78, 5) is 28.0. The van der Waals surface area contributed by atoms with Crippen LogP contribution in [0.5, 0.6) is 0 Å². The molecule has 9 nitrogen and oxygen atoms in total. The Morgan fingerprint density at radius 1 is 1.11 bits per heavy atom. The number of nitrogens with zero attached hydrogens (tertiary/aromatic N) is 4. The third-order valence-electron chi connectivity index (χ3n) is 3.80. The zero-order chi connectivity index (χ0) is 21.1. The summed E-state index contributed by atoms with van der Waals surface area (Å²) >= 11 is 0. The summed E-state index contributed by atoms with van der Waals surface area (Å²) in [6, 6.07) is 1.78. The number of fused-ring (bicyclic) bond motifs is 1. The summed E-state index contributed by atoms with van der Waals surface area (Å²) < 4.78 is 17.9. The molecule has 0 N–H and O–H groups in total. The number of amides is 2. The summed E-state index contributed by atoms with van der Waals surface area (Å²) in [6.07, 6.45) is -0.152. The smallest absolute Gasteiger partial charge is 0.417 e. The molecular formula is C19H32N4O5. The van der Waals surface area contributed by atoms with Crippen molar-refractivity contribution in [3.63, 3.8) is 0 Å². The van der Waals surface area contributed by atoms with E-state index >= 15 is 0 Å². The van der Waals surface area contributed by atoms with Crippen molar-refractivity contribution in [2.24, 2.45) is 0 Å². The highest BCUT2D eigenvalue weighted by Gasteiger charge is 2.29. The van der Waals surface area contributed by atoms with Crippen molar-refractivity contribution in [2.75, 3.05) is 25.3 Å². The van der Waals surface area contributed by atoms with Gasteiger partial charge in [0.2, 0.25) is 0 Å². The molecule has 1 aromatic heterocycles. The van der Waals surface area contributed by atoms with E-state index in [-0.39, 0.29) is 12.8 Å². The second kappa shape index (κ2) is 8.38. The predicted octanol–water partition coefficient (Wildman–Crippen LogP) is 3.37. The number of hydrogen-bond donors (Lipinski definition) is 0. The van der Waals surface area contributed by atoms with Gasteiger partial charge in [0.25, 0.3) is 0 Å². The highest BCUT2D eigenvalue weighted by molar-refractivity contribution is 5.86. The first-order valence-electron chi connectivity index (χ1n) is 9.44. The molecule has 0 fully saturated rings. The molecular weight excluding hydrogens is 364 g/mol. The average Bonchev–Trinajstić information content (AvgIpc) is 2.80. The standard InChI is InChI=1S/C19H32N4O5/c1-18(2,3)27-16(24)21-9-8-10-23-14(12-21)11-15(20-23)22(13-26-7)17(25)28-19(4,5)6/h11H,8-10,12-13H2,1-7H3. The first kappa shape index (κ1) is 22.0. The SMILES string of the molecule is COCN(C(=O)OC(C)(C)C)c1cc2n(n1)CCCN(C(=O)OC(C)(C)C)C2. The average molecular weight is 396 g/mol. The van der Waals surface area contributed by atoms with Crippen molar-refractivity contribution in [3.05, 3.63) is 11.8 Å². The molecule has 0 atom stereocenters. The molecule has 158 valence electrons. The quantitative estimate of drug-likeness (QED) is 0.728. The van der Waals surface area contributed by atoms with Crippen LogP contribution in [-0.2, 0) is 27.3 Å². The molecule has 2 heterocycles. The number of carbonyl (C=O) groups is 2. The first-order valence-corrected chi connectivity index (χ1v) is 9.44. The predicted molar refractivity (Wildman–Crippen MR) is 104 cm³/mol. The van der Waals surface area contributed by atoms with Crippen LogP contribution in [0, 0.1) is 0 Å². The number of anilines is 1. The molecule has 0 aliphatic carbocycles. The van der Waals surface area contributed by atoms with Crippen molar-refractivity contribution in [1.29, 1.82) is 0 Å². The zero-order valence-corrected chi connectivity index (χ0v) is 17.9. The minimum atomic E-state index is -0.632. The van der Waals surface area contributed by atoms with Crippen LogP contribution in [0.3, 0.4) is 0 Å². The Kier molecular flexibility index (Phi) is 6.59.